The Kier molecular flexibility index (Phi) is 8.93. The molecule has 0 radical (unpaired) electrons. The van der Waals surface area contributed by atoms with Crippen molar-refractivity contribution in [3.63, 3.8) is 0 Å². The number of carbonyl (C=O) groups excluding carboxylic acids is 1. The van der Waals surface area contributed by atoms with Gasteiger partial charge in [0.2, 0.25) is 0 Å². The Morgan fingerprint density at radius 1 is 1.15 bits per heavy atom. The van der Waals surface area contributed by atoms with Crippen LogP contribution in [0.1, 0.15) is 30.5 Å². The largest absolute Gasteiger partial charge is 0.493 e. The normalized spacial score (nSPS) is 10.6. The lowest BCUT2D eigenvalue weighted by molar-refractivity contribution is 0.251. The number of ether oxygens (including phenoxy) is 2. The van der Waals surface area contributed by atoms with Gasteiger partial charge in [-0.25, -0.2) is 14.8 Å². The van der Waals surface area contributed by atoms with Gasteiger partial charge in [0.05, 0.1) is 20.0 Å². The van der Waals surface area contributed by atoms with Gasteiger partial charge in [-0.3, -0.25) is 0 Å². The number of rotatable bonds is 12. The fourth-order valence-corrected chi connectivity index (χ4v) is 3.38. The highest BCUT2D eigenvalue weighted by atomic mass is 16.5. The number of benzene rings is 1. The Morgan fingerprint density at radius 2 is 2.03 bits per heavy atom. The number of aryl methyl sites for hydroxylation is 3. The standard InChI is InChI=1S/C24H32N6O3/c1-18-16-26-17-30(18)12-5-10-28-24(31)29-20-7-8-21(22(15-20)32-2)33-13-4-3-6-19-9-11-27-23(25)14-19/h7-9,11,14-17H,3-6,10,12-13H2,1-2H3,(H2,25,27)(H2,28,29,31). The minimum absolute atomic E-state index is 0.259. The maximum atomic E-state index is 12.2. The number of anilines is 2. The van der Waals surface area contributed by atoms with Crippen molar-refractivity contribution in [3.8, 4) is 11.5 Å². The second-order valence-corrected chi connectivity index (χ2v) is 7.72. The number of carbonyl (C=O) groups is 1. The molecule has 3 aromatic rings. The van der Waals surface area contributed by atoms with Gasteiger partial charge in [-0.15, -0.1) is 0 Å². The van der Waals surface area contributed by atoms with Crippen LogP contribution >= 0.6 is 0 Å². The van der Waals surface area contributed by atoms with E-state index in [1.54, 1.807) is 37.8 Å². The summed E-state index contributed by atoms with van der Waals surface area (Å²) in [6.45, 7) is 3.95. The molecule has 1 aromatic carbocycles. The van der Waals surface area contributed by atoms with E-state index in [4.69, 9.17) is 15.2 Å². The maximum absolute atomic E-state index is 12.2. The van der Waals surface area contributed by atoms with Crippen molar-refractivity contribution in [2.45, 2.75) is 39.2 Å². The van der Waals surface area contributed by atoms with Crippen LogP contribution in [0, 0.1) is 6.92 Å². The zero-order valence-electron chi connectivity index (χ0n) is 19.2. The average Bonchev–Trinajstić information content (AvgIpc) is 3.21. The SMILES string of the molecule is COc1cc(NC(=O)NCCCn2cncc2C)ccc1OCCCCc1ccnc(N)c1. The number of unbranched alkanes of at least 4 members (excludes halogenated alkanes) is 1. The molecular formula is C24H32N6O3. The lowest BCUT2D eigenvalue weighted by Crippen LogP contribution is -2.30. The summed E-state index contributed by atoms with van der Waals surface area (Å²) in [6, 6.07) is 8.97. The van der Waals surface area contributed by atoms with Crippen LogP contribution in [0.5, 0.6) is 11.5 Å². The van der Waals surface area contributed by atoms with Gasteiger partial charge in [0.25, 0.3) is 0 Å². The van der Waals surface area contributed by atoms with Gasteiger partial charge in [0.1, 0.15) is 5.82 Å². The van der Waals surface area contributed by atoms with Crippen LogP contribution in [-0.2, 0) is 13.0 Å². The smallest absolute Gasteiger partial charge is 0.319 e. The van der Waals surface area contributed by atoms with Crippen LogP contribution in [0.25, 0.3) is 0 Å². The van der Waals surface area contributed by atoms with Crippen LogP contribution in [-0.4, -0.2) is 40.8 Å². The number of aromatic nitrogens is 3. The highest BCUT2D eigenvalue weighted by molar-refractivity contribution is 5.89. The number of imidazole rings is 1. The molecule has 33 heavy (non-hydrogen) atoms. The molecule has 2 heterocycles. The molecule has 0 aliphatic rings. The van der Waals surface area contributed by atoms with Crippen molar-refractivity contribution in [1.29, 1.82) is 0 Å². The first-order chi connectivity index (χ1) is 16.0. The predicted octanol–water partition coefficient (Wildman–Crippen LogP) is 3.79. The van der Waals surface area contributed by atoms with E-state index in [-0.39, 0.29) is 6.03 Å². The number of nitrogens with zero attached hydrogens (tertiary/aromatic N) is 3. The summed E-state index contributed by atoms with van der Waals surface area (Å²) in [5.74, 6) is 1.76. The Hall–Kier alpha value is -3.75. The molecule has 176 valence electrons. The van der Waals surface area contributed by atoms with E-state index in [1.807, 2.05) is 25.3 Å². The number of nitrogen functional groups attached to an aromatic ring is 1. The van der Waals surface area contributed by atoms with Gasteiger partial charge >= 0.3 is 6.03 Å². The molecule has 0 unspecified atom stereocenters. The number of methoxy groups -OCH3 is 1. The molecule has 0 aliphatic heterocycles. The minimum atomic E-state index is -0.259. The second kappa shape index (κ2) is 12.3. The number of nitrogens with one attached hydrogen (secondary N) is 2. The fourth-order valence-electron chi connectivity index (χ4n) is 3.38. The highest BCUT2D eigenvalue weighted by Crippen LogP contribution is 2.30. The zero-order valence-corrected chi connectivity index (χ0v) is 19.2. The zero-order chi connectivity index (χ0) is 23.5. The van der Waals surface area contributed by atoms with E-state index in [1.165, 1.54) is 5.56 Å². The van der Waals surface area contributed by atoms with Crippen LogP contribution < -0.4 is 25.8 Å². The molecule has 0 aliphatic carbocycles. The summed E-state index contributed by atoms with van der Waals surface area (Å²) >= 11 is 0. The van der Waals surface area contributed by atoms with Gasteiger partial charge in [0.15, 0.2) is 11.5 Å². The molecule has 3 rings (SSSR count). The molecule has 4 N–H and O–H groups in total. The van der Waals surface area contributed by atoms with Crippen molar-refractivity contribution in [3.05, 3.63) is 60.3 Å². The lowest BCUT2D eigenvalue weighted by Gasteiger charge is -2.13. The second-order valence-electron chi connectivity index (χ2n) is 7.72. The quantitative estimate of drug-likeness (QED) is 0.360. The van der Waals surface area contributed by atoms with Gasteiger partial charge in [0, 0.05) is 42.9 Å². The van der Waals surface area contributed by atoms with Crippen LogP contribution in [0.2, 0.25) is 0 Å². The van der Waals surface area contributed by atoms with E-state index < -0.39 is 0 Å². The van der Waals surface area contributed by atoms with E-state index in [0.717, 1.165) is 37.9 Å². The maximum Gasteiger partial charge on any atom is 0.319 e. The van der Waals surface area contributed by atoms with Gasteiger partial charge in [-0.2, -0.15) is 0 Å². The van der Waals surface area contributed by atoms with Gasteiger partial charge in [-0.1, -0.05) is 0 Å². The number of amides is 2. The number of nitrogens with two attached hydrogens (primary N) is 1. The molecule has 2 amide bonds. The third kappa shape index (κ3) is 7.71. The van der Waals surface area contributed by atoms with E-state index in [0.29, 0.717) is 36.2 Å². The molecule has 0 fully saturated rings. The summed E-state index contributed by atoms with van der Waals surface area (Å²) in [6.07, 6.45) is 8.95. The van der Waals surface area contributed by atoms with E-state index in [2.05, 4.69) is 25.2 Å². The summed E-state index contributed by atoms with van der Waals surface area (Å²) in [5.41, 5.74) is 8.62. The third-order valence-corrected chi connectivity index (χ3v) is 5.17. The first-order valence-electron chi connectivity index (χ1n) is 11.1. The van der Waals surface area contributed by atoms with Crippen LogP contribution in [0.3, 0.4) is 0 Å². The summed E-state index contributed by atoms with van der Waals surface area (Å²) in [7, 11) is 1.58. The van der Waals surface area contributed by atoms with Crippen LogP contribution in [0.15, 0.2) is 49.1 Å². The molecule has 9 nitrogen and oxygen atoms in total. The van der Waals surface area contributed by atoms with E-state index in [9.17, 15) is 4.79 Å². The molecule has 0 atom stereocenters. The Morgan fingerprint density at radius 3 is 2.79 bits per heavy atom. The Balaban J connectivity index is 1.38. The van der Waals surface area contributed by atoms with Crippen molar-refractivity contribution in [2.24, 2.45) is 0 Å². The number of hydrogen-bond acceptors (Lipinski definition) is 6. The van der Waals surface area contributed by atoms with Gasteiger partial charge < -0.3 is 30.4 Å². The molecule has 0 spiro atoms. The Bertz CT molecular complexity index is 1040. The van der Waals surface area contributed by atoms with Crippen molar-refractivity contribution >= 4 is 17.5 Å². The first-order valence-corrected chi connectivity index (χ1v) is 11.1. The molecule has 0 saturated heterocycles. The Labute approximate surface area is 194 Å². The van der Waals surface area contributed by atoms with Crippen molar-refractivity contribution in [1.82, 2.24) is 19.9 Å². The average molecular weight is 453 g/mol. The summed E-state index contributed by atoms with van der Waals surface area (Å²) in [5, 5.41) is 5.69. The molecule has 2 aromatic heterocycles. The lowest BCUT2D eigenvalue weighted by atomic mass is 10.1. The highest BCUT2D eigenvalue weighted by Gasteiger charge is 2.08. The number of hydrogen-bond donors (Lipinski definition) is 3. The number of urea groups is 1. The fraction of sp³-hybridized carbons (Fsp3) is 0.375. The van der Waals surface area contributed by atoms with E-state index >= 15 is 0 Å². The van der Waals surface area contributed by atoms with Crippen molar-refractivity contribution < 1.29 is 14.3 Å². The molecule has 0 saturated carbocycles. The molecule has 9 heteroatoms. The molecule has 0 bridgehead atoms. The first kappa shape index (κ1) is 23.9. The number of pyridine rings is 1. The summed E-state index contributed by atoms with van der Waals surface area (Å²) < 4.78 is 13.4. The minimum Gasteiger partial charge on any atom is -0.493 e. The molecular weight excluding hydrogens is 420 g/mol. The van der Waals surface area contributed by atoms with Crippen molar-refractivity contribution in [2.75, 3.05) is 31.3 Å². The van der Waals surface area contributed by atoms with Crippen LogP contribution in [0.4, 0.5) is 16.3 Å². The predicted molar refractivity (Wildman–Crippen MR) is 129 cm³/mol. The van der Waals surface area contributed by atoms with Gasteiger partial charge in [-0.05, 0) is 62.4 Å². The third-order valence-electron chi connectivity index (χ3n) is 5.17. The topological polar surface area (TPSA) is 116 Å². The summed E-state index contributed by atoms with van der Waals surface area (Å²) in [4.78, 5) is 20.3. The monoisotopic (exact) mass is 452 g/mol.